The van der Waals surface area contributed by atoms with Gasteiger partial charge in [0.05, 0.1) is 13.7 Å². The number of halogens is 1. The number of phenolic OH excluding ortho intramolecular Hbond substituents is 1. The van der Waals surface area contributed by atoms with E-state index in [2.05, 4.69) is 0 Å². The lowest BCUT2D eigenvalue weighted by Gasteiger charge is -2.26. The number of aliphatic hydroxyl groups excluding tert-OH is 1. The van der Waals surface area contributed by atoms with Crippen LogP contribution in [0.4, 0.5) is 4.39 Å². The van der Waals surface area contributed by atoms with E-state index in [1.807, 2.05) is 0 Å². The fourth-order valence-electron chi connectivity index (χ4n) is 1.87. The molecular weight excluding hydrogens is 211 g/mol. The molecule has 1 rings (SSSR count). The van der Waals surface area contributed by atoms with Gasteiger partial charge in [-0.2, -0.15) is 0 Å². The van der Waals surface area contributed by atoms with Gasteiger partial charge in [-0.3, -0.25) is 0 Å². The highest BCUT2D eigenvalue weighted by Gasteiger charge is 2.28. The molecule has 2 N–H and O–H groups in total. The second-order valence-corrected chi connectivity index (χ2v) is 4.47. The van der Waals surface area contributed by atoms with Crippen LogP contribution in [0, 0.1) is 12.7 Å². The highest BCUT2D eigenvalue weighted by Crippen LogP contribution is 2.41. The molecule has 16 heavy (non-hydrogen) atoms. The Balaban J connectivity index is 3.51. The fourth-order valence-corrected chi connectivity index (χ4v) is 1.87. The number of ether oxygens (including phenoxy) is 1. The van der Waals surface area contributed by atoms with E-state index in [1.165, 1.54) is 13.2 Å². The molecule has 0 heterocycles. The predicted molar refractivity (Wildman–Crippen MR) is 59.5 cm³/mol. The zero-order valence-corrected chi connectivity index (χ0v) is 9.97. The van der Waals surface area contributed by atoms with Crippen LogP contribution in [0.1, 0.15) is 25.0 Å². The standard InChI is InChI=1S/C12H17FO3/c1-7-5-8(13)11(16-4)10(15)9(7)12(2,3)6-14/h5,14-15H,6H2,1-4H3. The smallest absolute Gasteiger partial charge is 0.196 e. The number of hydrogen-bond acceptors (Lipinski definition) is 3. The van der Waals surface area contributed by atoms with Crippen LogP contribution in [0.3, 0.4) is 0 Å². The number of hydrogen-bond donors (Lipinski definition) is 2. The number of aryl methyl sites for hydroxylation is 1. The summed E-state index contributed by atoms with van der Waals surface area (Å²) in [5.41, 5.74) is 0.456. The van der Waals surface area contributed by atoms with E-state index in [-0.39, 0.29) is 18.1 Å². The van der Waals surface area contributed by atoms with Crippen LogP contribution in [0.5, 0.6) is 11.5 Å². The van der Waals surface area contributed by atoms with Gasteiger partial charge in [-0.05, 0) is 18.6 Å². The highest BCUT2D eigenvalue weighted by atomic mass is 19.1. The van der Waals surface area contributed by atoms with Gasteiger partial charge in [0, 0.05) is 11.0 Å². The first kappa shape index (κ1) is 12.8. The van der Waals surface area contributed by atoms with Crippen molar-refractivity contribution in [2.45, 2.75) is 26.2 Å². The number of aliphatic hydroxyl groups is 1. The minimum Gasteiger partial charge on any atom is -0.504 e. The molecule has 0 aliphatic carbocycles. The molecule has 90 valence electrons. The second-order valence-electron chi connectivity index (χ2n) is 4.47. The summed E-state index contributed by atoms with van der Waals surface area (Å²) in [6, 6.07) is 1.30. The Morgan fingerprint density at radius 1 is 1.44 bits per heavy atom. The van der Waals surface area contributed by atoms with Crippen molar-refractivity contribution in [3.63, 3.8) is 0 Å². The molecule has 0 aromatic heterocycles. The van der Waals surface area contributed by atoms with Gasteiger partial charge in [0.15, 0.2) is 17.3 Å². The molecular formula is C12H17FO3. The minimum absolute atomic E-state index is 0.143. The number of methoxy groups -OCH3 is 1. The van der Waals surface area contributed by atoms with E-state index >= 15 is 0 Å². The van der Waals surface area contributed by atoms with Gasteiger partial charge in [-0.25, -0.2) is 4.39 Å². The Morgan fingerprint density at radius 3 is 2.44 bits per heavy atom. The molecule has 0 bridgehead atoms. The molecule has 1 aromatic rings. The van der Waals surface area contributed by atoms with Crippen molar-refractivity contribution in [2.24, 2.45) is 0 Å². The number of phenols is 1. The molecule has 0 aliphatic heterocycles. The zero-order valence-electron chi connectivity index (χ0n) is 9.97. The average Bonchev–Trinajstić information content (AvgIpc) is 2.17. The van der Waals surface area contributed by atoms with Crippen LogP contribution in [0.2, 0.25) is 0 Å². The lowest BCUT2D eigenvalue weighted by atomic mass is 9.82. The number of benzene rings is 1. The van der Waals surface area contributed by atoms with Gasteiger partial charge in [0.2, 0.25) is 0 Å². The summed E-state index contributed by atoms with van der Waals surface area (Å²) in [5, 5.41) is 19.2. The Labute approximate surface area is 94.5 Å². The molecule has 0 fully saturated rings. The van der Waals surface area contributed by atoms with E-state index in [9.17, 15) is 14.6 Å². The van der Waals surface area contributed by atoms with E-state index in [0.717, 1.165) is 0 Å². The lowest BCUT2D eigenvalue weighted by Crippen LogP contribution is -2.23. The van der Waals surface area contributed by atoms with Crippen molar-refractivity contribution in [3.05, 3.63) is 23.0 Å². The van der Waals surface area contributed by atoms with Gasteiger partial charge >= 0.3 is 0 Å². The molecule has 3 nitrogen and oxygen atoms in total. The van der Waals surface area contributed by atoms with Gasteiger partial charge in [-0.1, -0.05) is 13.8 Å². The van der Waals surface area contributed by atoms with Gasteiger partial charge in [0.1, 0.15) is 0 Å². The second kappa shape index (κ2) is 4.29. The summed E-state index contributed by atoms with van der Waals surface area (Å²) in [5.74, 6) is -1.02. The molecule has 0 unspecified atom stereocenters. The molecule has 4 heteroatoms. The first-order chi connectivity index (χ1) is 7.35. The maximum Gasteiger partial charge on any atom is 0.196 e. The monoisotopic (exact) mass is 228 g/mol. The third-order valence-electron chi connectivity index (χ3n) is 2.68. The van der Waals surface area contributed by atoms with Crippen molar-refractivity contribution < 1.29 is 19.3 Å². The maximum atomic E-state index is 13.4. The Morgan fingerprint density at radius 2 is 2.00 bits per heavy atom. The van der Waals surface area contributed by atoms with Crippen molar-refractivity contribution >= 4 is 0 Å². The number of aromatic hydroxyl groups is 1. The number of rotatable bonds is 3. The summed E-state index contributed by atoms with van der Waals surface area (Å²) in [4.78, 5) is 0. The van der Waals surface area contributed by atoms with Gasteiger partial charge in [-0.15, -0.1) is 0 Å². The minimum atomic E-state index is -0.644. The highest BCUT2D eigenvalue weighted by molar-refractivity contribution is 5.53. The fraction of sp³-hybridized carbons (Fsp3) is 0.500. The molecule has 0 aliphatic rings. The van der Waals surface area contributed by atoms with Crippen molar-refractivity contribution in [1.82, 2.24) is 0 Å². The van der Waals surface area contributed by atoms with Crippen LogP contribution >= 0.6 is 0 Å². The predicted octanol–water partition coefficient (Wildman–Crippen LogP) is 2.12. The van der Waals surface area contributed by atoms with Crippen LogP contribution in [-0.2, 0) is 5.41 Å². The third kappa shape index (κ3) is 1.97. The van der Waals surface area contributed by atoms with Crippen molar-refractivity contribution in [1.29, 1.82) is 0 Å². The van der Waals surface area contributed by atoms with Crippen LogP contribution in [0.25, 0.3) is 0 Å². The Hall–Kier alpha value is -1.29. The Bertz CT molecular complexity index is 400. The third-order valence-corrected chi connectivity index (χ3v) is 2.68. The first-order valence-electron chi connectivity index (χ1n) is 5.02. The van der Waals surface area contributed by atoms with Crippen LogP contribution < -0.4 is 4.74 Å². The first-order valence-corrected chi connectivity index (χ1v) is 5.02. The van der Waals surface area contributed by atoms with E-state index < -0.39 is 11.2 Å². The zero-order chi connectivity index (χ0) is 12.5. The van der Waals surface area contributed by atoms with Crippen molar-refractivity contribution in [3.8, 4) is 11.5 Å². The average molecular weight is 228 g/mol. The SMILES string of the molecule is COc1c(F)cc(C)c(C(C)(C)CO)c1O. The molecule has 1 aromatic carbocycles. The summed E-state index contributed by atoms with van der Waals surface area (Å²) in [7, 11) is 1.29. The molecule has 0 saturated carbocycles. The summed E-state index contributed by atoms with van der Waals surface area (Å²) < 4.78 is 18.2. The topological polar surface area (TPSA) is 49.7 Å². The summed E-state index contributed by atoms with van der Waals surface area (Å²) >= 11 is 0. The molecule has 0 amide bonds. The van der Waals surface area contributed by atoms with E-state index in [4.69, 9.17) is 4.74 Å². The van der Waals surface area contributed by atoms with Crippen molar-refractivity contribution in [2.75, 3.05) is 13.7 Å². The van der Waals surface area contributed by atoms with Gasteiger partial charge < -0.3 is 14.9 Å². The maximum absolute atomic E-state index is 13.4. The van der Waals surface area contributed by atoms with Crippen LogP contribution in [0.15, 0.2) is 6.07 Å². The normalized spacial score (nSPS) is 11.6. The largest absolute Gasteiger partial charge is 0.504 e. The van der Waals surface area contributed by atoms with E-state index in [1.54, 1.807) is 20.8 Å². The lowest BCUT2D eigenvalue weighted by molar-refractivity contribution is 0.213. The quantitative estimate of drug-likeness (QED) is 0.833. The Kier molecular flexibility index (Phi) is 3.43. The molecule has 0 saturated heterocycles. The summed E-state index contributed by atoms with van der Waals surface area (Å²) in [6.45, 7) is 5.09. The molecule has 0 atom stereocenters. The molecule has 0 radical (unpaired) electrons. The van der Waals surface area contributed by atoms with E-state index in [0.29, 0.717) is 11.1 Å². The summed E-state index contributed by atoms with van der Waals surface area (Å²) in [6.07, 6.45) is 0. The van der Waals surface area contributed by atoms with Crippen LogP contribution in [-0.4, -0.2) is 23.9 Å². The van der Waals surface area contributed by atoms with Gasteiger partial charge in [0.25, 0.3) is 0 Å². The molecule has 0 spiro atoms.